The van der Waals surface area contributed by atoms with Crippen LogP contribution in [0.4, 0.5) is 0 Å². The minimum Gasteiger partial charge on any atom is -0.496 e. The molecule has 0 saturated heterocycles. The molecule has 0 aromatic heterocycles. The van der Waals surface area contributed by atoms with Gasteiger partial charge in [-0.2, -0.15) is 0 Å². The number of methoxy groups -OCH3 is 2. The van der Waals surface area contributed by atoms with E-state index in [0.29, 0.717) is 6.42 Å². The molecule has 2 rings (SSSR count). The van der Waals surface area contributed by atoms with Crippen molar-refractivity contribution in [2.24, 2.45) is 5.92 Å². The van der Waals surface area contributed by atoms with Gasteiger partial charge < -0.3 is 19.7 Å². The van der Waals surface area contributed by atoms with Crippen molar-refractivity contribution in [3.8, 4) is 0 Å². The maximum atomic E-state index is 11.5. The molecule has 20 heavy (non-hydrogen) atoms. The molecule has 0 aliphatic heterocycles. The highest BCUT2D eigenvalue weighted by Crippen LogP contribution is 2.40. The first-order valence-electron chi connectivity index (χ1n) is 5.93. The summed E-state index contributed by atoms with van der Waals surface area (Å²) in [4.78, 5) is 23.0. The predicted molar refractivity (Wildman–Crippen MR) is 68.7 cm³/mol. The SMILES string of the molecule is COC1=CCC2C=CC(OC)=C(C(=O)O)C2=C1C(=O)O. The number of fused-ring (bicyclic) bond motifs is 1. The molecular formula is C14H14O6. The second-order valence-corrected chi connectivity index (χ2v) is 4.32. The first kappa shape index (κ1) is 13.9. The Kier molecular flexibility index (Phi) is 3.65. The first-order valence-corrected chi connectivity index (χ1v) is 5.93. The molecule has 2 aliphatic rings. The van der Waals surface area contributed by atoms with Gasteiger partial charge >= 0.3 is 11.9 Å². The third-order valence-corrected chi connectivity index (χ3v) is 3.31. The fourth-order valence-electron chi connectivity index (χ4n) is 2.47. The average molecular weight is 278 g/mol. The molecular weight excluding hydrogens is 264 g/mol. The number of carbonyl (C=O) groups is 2. The van der Waals surface area contributed by atoms with E-state index in [1.807, 2.05) is 0 Å². The van der Waals surface area contributed by atoms with E-state index in [2.05, 4.69) is 0 Å². The quantitative estimate of drug-likeness (QED) is 0.809. The van der Waals surface area contributed by atoms with E-state index in [4.69, 9.17) is 9.47 Å². The average Bonchev–Trinajstić information content (AvgIpc) is 2.43. The Bertz CT molecular complexity index is 591. The molecule has 0 aromatic carbocycles. The summed E-state index contributed by atoms with van der Waals surface area (Å²) in [5.41, 5.74) is -0.0243. The van der Waals surface area contributed by atoms with E-state index in [1.165, 1.54) is 14.2 Å². The van der Waals surface area contributed by atoms with Gasteiger partial charge in [0.15, 0.2) is 0 Å². The molecule has 0 spiro atoms. The van der Waals surface area contributed by atoms with Crippen molar-refractivity contribution in [2.75, 3.05) is 14.2 Å². The molecule has 0 saturated carbocycles. The molecule has 2 N–H and O–H groups in total. The van der Waals surface area contributed by atoms with Crippen LogP contribution in [-0.4, -0.2) is 36.4 Å². The van der Waals surface area contributed by atoms with E-state index in [-0.39, 0.29) is 34.2 Å². The Balaban J connectivity index is 2.74. The summed E-state index contributed by atoms with van der Waals surface area (Å²) in [6.45, 7) is 0. The van der Waals surface area contributed by atoms with Crippen LogP contribution in [0.15, 0.2) is 46.5 Å². The highest BCUT2D eigenvalue weighted by atomic mass is 16.5. The topological polar surface area (TPSA) is 93.1 Å². The molecule has 6 heteroatoms. The molecule has 0 radical (unpaired) electrons. The van der Waals surface area contributed by atoms with E-state index in [1.54, 1.807) is 18.2 Å². The van der Waals surface area contributed by atoms with E-state index >= 15 is 0 Å². The first-order chi connectivity index (χ1) is 9.51. The summed E-state index contributed by atoms with van der Waals surface area (Å²) < 4.78 is 10.1. The molecule has 0 aromatic rings. The number of hydrogen-bond donors (Lipinski definition) is 2. The predicted octanol–water partition coefficient (Wildman–Crippen LogP) is 1.47. The van der Waals surface area contributed by atoms with Gasteiger partial charge in [0, 0.05) is 5.92 Å². The number of carboxylic acid groups (broad SMARTS) is 2. The lowest BCUT2D eigenvalue weighted by molar-refractivity contribution is -0.132. The summed E-state index contributed by atoms with van der Waals surface area (Å²) in [6, 6.07) is 0. The monoisotopic (exact) mass is 278 g/mol. The van der Waals surface area contributed by atoms with Crippen LogP contribution in [0.1, 0.15) is 6.42 Å². The van der Waals surface area contributed by atoms with Gasteiger partial charge in [0.1, 0.15) is 22.7 Å². The molecule has 1 atom stereocenters. The highest BCUT2D eigenvalue weighted by molar-refractivity contribution is 6.01. The summed E-state index contributed by atoms with van der Waals surface area (Å²) in [5.74, 6) is -2.43. The minimum atomic E-state index is -1.22. The van der Waals surface area contributed by atoms with Crippen LogP contribution in [0.25, 0.3) is 0 Å². The molecule has 1 unspecified atom stereocenters. The van der Waals surface area contributed by atoms with Gasteiger partial charge in [-0.15, -0.1) is 0 Å². The number of ether oxygens (including phenoxy) is 2. The van der Waals surface area contributed by atoms with Crippen LogP contribution >= 0.6 is 0 Å². The van der Waals surface area contributed by atoms with Crippen molar-refractivity contribution in [2.45, 2.75) is 6.42 Å². The third-order valence-electron chi connectivity index (χ3n) is 3.31. The smallest absolute Gasteiger partial charge is 0.339 e. The zero-order chi connectivity index (χ0) is 14.9. The summed E-state index contributed by atoms with van der Waals surface area (Å²) in [6.07, 6.45) is 5.44. The van der Waals surface area contributed by atoms with Crippen LogP contribution in [0.5, 0.6) is 0 Å². The second kappa shape index (κ2) is 5.24. The summed E-state index contributed by atoms with van der Waals surface area (Å²) >= 11 is 0. The molecule has 0 bridgehead atoms. The Morgan fingerprint density at radius 2 is 1.80 bits per heavy atom. The fourth-order valence-corrected chi connectivity index (χ4v) is 2.47. The zero-order valence-electron chi connectivity index (χ0n) is 11.0. The lowest BCUT2D eigenvalue weighted by Crippen LogP contribution is -2.24. The fraction of sp³-hybridized carbons (Fsp3) is 0.286. The Morgan fingerprint density at radius 1 is 1.15 bits per heavy atom. The van der Waals surface area contributed by atoms with Crippen LogP contribution in [0.2, 0.25) is 0 Å². The van der Waals surface area contributed by atoms with Crippen molar-refractivity contribution in [1.29, 1.82) is 0 Å². The molecule has 0 heterocycles. The minimum absolute atomic E-state index is 0.125. The van der Waals surface area contributed by atoms with E-state index < -0.39 is 11.9 Å². The largest absolute Gasteiger partial charge is 0.496 e. The maximum absolute atomic E-state index is 11.5. The Labute approximate surface area is 115 Å². The van der Waals surface area contributed by atoms with Gasteiger partial charge in [-0.1, -0.05) is 6.08 Å². The van der Waals surface area contributed by atoms with Crippen molar-refractivity contribution >= 4 is 11.9 Å². The van der Waals surface area contributed by atoms with Crippen LogP contribution in [-0.2, 0) is 19.1 Å². The standard InChI is InChI=1S/C14H14O6/c1-19-8-5-3-7-4-6-9(20-2)12(14(17)18)10(7)11(8)13(15)16/h3,5-7H,4H2,1-2H3,(H,15,16)(H,17,18). The van der Waals surface area contributed by atoms with E-state index in [0.717, 1.165) is 0 Å². The maximum Gasteiger partial charge on any atom is 0.339 e. The van der Waals surface area contributed by atoms with Gasteiger partial charge in [0.05, 0.1) is 14.2 Å². The number of hydrogen-bond acceptors (Lipinski definition) is 4. The summed E-state index contributed by atoms with van der Waals surface area (Å²) in [5, 5.41) is 18.8. The Morgan fingerprint density at radius 3 is 2.30 bits per heavy atom. The molecule has 0 fully saturated rings. The van der Waals surface area contributed by atoms with Gasteiger partial charge in [-0.05, 0) is 24.1 Å². The van der Waals surface area contributed by atoms with Gasteiger partial charge in [-0.25, -0.2) is 9.59 Å². The zero-order valence-corrected chi connectivity index (χ0v) is 11.0. The van der Waals surface area contributed by atoms with Gasteiger partial charge in [0.25, 0.3) is 0 Å². The van der Waals surface area contributed by atoms with Crippen LogP contribution < -0.4 is 0 Å². The van der Waals surface area contributed by atoms with Crippen LogP contribution in [0.3, 0.4) is 0 Å². The number of allylic oxidation sites excluding steroid dienone is 3. The van der Waals surface area contributed by atoms with Gasteiger partial charge in [0.2, 0.25) is 0 Å². The molecule has 2 aliphatic carbocycles. The number of aliphatic carboxylic acids is 2. The van der Waals surface area contributed by atoms with Gasteiger partial charge in [-0.3, -0.25) is 0 Å². The van der Waals surface area contributed by atoms with Crippen molar-refractivity contribution in [3.05, 3.63) is 46.5 Å². The molecule has 0 amide bonds. The number of carboxylic acids is 2. The Hall–Kier alpha value is -2.50. The lowest BCUT2D eigenvalue weighted by Gasteiger charge is -2.28. The van der Waals surface area contributed by atoms with Crippen molar-refractivity contribution < 1.29 is 29.3 Å². The highest BCUT2D eigenvalue weighted by Gasteiger charge is 2.36. The molecule has 106 valence electrons. The second-order valence-electron chi connectivity index (χ2n) is 4.32. The summed E-state index contributed by atoms with van der Waals surface area (Å²) in [7, 11) is 2.70. The van der Waals surface area contributed by atoms with Crippen molar-refractivity contribution in [1.82, 2.24) is 0 Å². The van der Waals surface area contributed by atoms with Crippen molar-refractivity contribution in [3.63, 3.8) is 0 Å². The lowest BCUT2D eigenvalue weighted by atomic mass is 9.78. The molecule has 6 nitrogen and oxygen atoms in total. The van der Waals surface area contributed by atoms with E-state index in [9.17, 15) is 19.8 Å². The van der Waals surface area contributed by atoms with Crippen LogP contribution in [0, 0.1) is 5.92 Å². The normalized spacial score (nSPS) is 21.3. The number of rotatable bonds is 4. The third kappa shape index (κ3) is 2.09.